The molecule has 0 fully saturated rings. The average molecular weight is 489 g/mol. The Morgan fingerprint density at radius 3 is 2.57 bits per heavy atom. The predicted molar refractivity (Wildman–Crippen MR) is 131 cm³/mol. The molecule has 1 aliphatic rings. The van der Waals surface area contributed by atoms with Gasteiger partial charge in [0.2, 0.25) is 5.91 Å². The van der Waals surface area contributed by atoms with Gasteiger partial charge in [-0.2, -0.15) is 5.10 Å². The molecular formula is C26H26N5O3S+. The maximum atomic E-state index is 13.2. The molecule has 0 saturated carbocycles. The van der Waals surface area contributed by atoms with E-state index in [-0.39, 0.29) is 18.9 Å². The van der Waals surface area contributed by atoms with Crippen LogP contribution in [0.1, 0.15) is 33.8 Å². The van der Waals surface area contributed by atoms with Gasteiger partial charge in [-0.05, 0) is 29.5 Å². The van der Waals surface area contributed by atoms with Crippen molar-refractivity contribution >= 4 is 23.2 Å². The standard InChI is InChI=1S/C26H25N5O3S/c1-31-8-6-17(7-9-31)10-21-20(14-28-30-21)22-16-35-23(29-22)15-27-25(34)26(13-24(32)33)11-18-4-2-3-5-19(18)12-26/h2-9,14,16H,10-13,15H2,1H3,(H2-,27,28,30,32,33,34)/p+1. The Hall–Kier alpha value is -3.85. The van der Waals surface area contributed by atoms with Gasteiger partial charge in [0, 0.05) is 35.2 Å². The van der Waals surface area contributed by atoms with Crippen LogP contribution in [0, 0.1) is 5.41 Å². The molecular weight excluding hydrogens is 462 g/mol. The van der Waals surface area contributed by atoms with Crippen LogP contribution in [0.25, 0.3) is 11.3 Å². The zero-order valence-corrected chi connectivity index (χ0v) is 20.1. The summed E-state index contributed by atoms with van der Waals surface area (Å²) in [6, 6.07) is 11.9. The number of carboxylic acid groups (broad SMARTS) is 1. The number of carbonyl (C=O) groups is 2. The minimum absolute atomic E-state index is 0.202. The summed E-state index contributed by atoms with van der Waals surface area (Å²) < 4.78 is 1.99. The number of nitrogens with zero attached hydrogens (tertiary/aromatic N) is 3. The maximum Gasteiger partial charge on any atom is 0.304 e. The highest BCUT2D eigenvalue weighted by atomic mass is 32.1. The van der Waals surface area contributed by atoms with Gasteiger partial charge in [-0.1, -0.05) is 24.3 Å². The van der Waals surface area contributed by atoms with E-state index in [1.165, 1.54) is 11.3 Å². The zero-order valence-electron chi connectivity index (χ0n) is 19.3. The van der Waals surface area contributed by atoms with Crippen LogP contribution >= 0.6 is 11.3 Å². The Labute approximate surface area is 206 Å². The molecule has 3 heterocycles. The van der Waals surface area contributed by atoms with E-state index >= 15 is 0 Å². The minimum Gasteiger partial charge on any atom is -0.481 e. The van der Waals surface area contributed by atoms with E-state index in [4.69, 9.17) is 4.98 Å². The number of thiazole rings is 1. The van der Waals surface area contributed by atoms with Crippen molar-refractivity contribution in [1.29, 1.82) is 0 Å². The van der Waals surface area contributed by atoms with E-state index in [0.717, 1.165) is 38.6 Å². The minimum atomic E-state index is -0.973. The molecule has 5 rings (SSSR count). The van der Waals surface area contributed by atoms with Gasteiger partial charge in [0.15, 0.2) is 12.4 Å². The molecule has 1 aliphatic carbocycles. The van der Waals surface area contributed by atoms with Crippen LogP contribution in [-0.2, 0) is 42.4 Å². The third-order valence-corrected chi connectivity index (χ3v) is 7.37. The number of aliphatic carboxylic acids is 1. The fourth-order valence-corrected chi connectivity index (χ4v) is 5.46. The van der Waals surface area contributed by atoms with Crippen molar-refractivity contribution in [3.8, 4) is 11.3 Å². The van der Waals surface area contributed by atoms with E-state index in [1.807, 2.05) is 53.7 Å². The number of carboxylic acids is 1. The Morgan fingerprint density at radius 1 is 1.17 bits per heavy atom. The van der Waals surface area contributed by atoms with Gasteiger partial charge in [-0.3, -0.25) is 14.7 Å². The molecule has 1 amide bonds. The van der Waals surface area contributed by atoms with Crippen molar-refractivity contribution in [2.24, 2.45) is 12.5 Å². The third-order valence-electron chi connectivity index (χ3n) is 6.52. The number of rotatable bonds is 8. The summed E-state index contributed by atoms with van der Waals surface area (Å²) in [5.41, 5.74) is 4.99. The molecule has 1 aromatic carbocycles. The normalized spacial score (nSPS) is 14.0. The van der Waals surface area contributed by atoms with Crippen LogP contribution in [0.4, 0.5) is 0 Å². The van der Waals surface area contributed by atoms with Crippen LogP contribution < -0.4 is 9.88 Å². The number of carbonyl (C=O) groups excluding carboxylic acids is 1. The van der Waals surface area contributed by atoms with E-state index in [0.29, 0.717) is 19.3 Å². The maximum absolute atomic E-state index is 13.2. The number of H-pyrrole nitrogens is 1. The van der Waals surface area contributed by atoms with Crippen LogP contribution in [0.15, 0.2) is 60.4 Å². The summed E-state index contributed by atoms with van der Waals surface area (Å²) in [6.45, 7) is 0.254. The first kappa shape index (κ1) is 22.9. The van der Waals surface area contributed by atoms with Gasteiger partial charge < -0.3 is 10.4 Å². The monoisotopic (exact) mass is 488 g/mol. The lowest BCUT2D eigenvalue weighted by Crippen LogP contribution is -2.43. The van der Waals surface area contributed by atoms with Crippen LogP contribution in [0.3, 0.4) is 0 Å². The van der Waals surface area contributed by atoms with Gasteiger partial charge in [0.05, 0.1) is 30.3 Å². The van der Waals surface area contributed by atoms with Crippen molar-refractivity contribution in [3.63, 3.8) is 0 Å². The summed E-state index contributed by atoms with van der Waals surface area (Å²) in [5, 5.41) is 22.5. The molecule has 9 heteroatoms. The highest BCUT2D eigenvalue weighted by Gasteiger charge is 2.45. The second-order valence-corrected chi connectivity index (χ2v) is 10.0. The number of amides is 1. The van der Waals surface area contributed by atoms with Crippen LogP contribution in [0.5, 0.6) is 0 Å². The van der Waals surface area contributed by atoms with E-state index < -0.39 is 11.4 Å². The summed E-state index contributed by atoms with van der Waals surface area (Å²) in [7, 11) is 1.98. The summed E-state index contributed by atoms with van der Waals surface area (Å²) in [6.07, 6.45) is 7.16. The van der Waals surface area contributed by atoms with Crippen molar-refractivity contribution in [3.05, 3.63) is 87.8 Å². The summed E-state index contributed by atoms with van der Waals surface area (Å²) >= 11 is 1.46. The molecule has 8 nitrogen and oxygen atoms in total. The van der Waals surface area contributed by atoms with Gasteiger partial charge >= 0.3 is 5.97 Å². The zero-order chi connectivity index (χ0) is 24.4. The lowest BCUT2D eigenvalue weighted by Gasteiger charge is -2.25. The third kappa shape index (κ3) is 4.85. The molecule has 3 aromatic heterocycles. The molecule has 178 valence electrons. The molecule has 0 atom stereocenters. The topological polar surface area (TPSA) is 112 Å². The second kappa shape index (κ2) is 9.42. The second-order valence-electron chi connectivity index (χ2n) is 9.09. The molecule has 4 aromatic rings. The molecule has 0 aliphatic heterocycles. The Balaban J connectivity index is 1.28. The number of hydrogen-bond acceptors (Lipinski definition) is 5. The molecule has 3 N–H and O–H groups in total. The Kier molecular flexibility index (Phi) is 6.17. The first-order chi connectivity index (χ1) is 16.9. The number of aromatic nitrogens is 4. The average Bonchev–Trinajstić information content (AvgIpc) is 3.56. The summed E-state index contributed by atoms with van der Waals surface area (Å²) in [5.74, 6) is -1.21. The van der Waals surface area contributed by atoms with Crippen molar-refractivity contribution in [2.45, 2.75) is 32.2 Å². The summed E-state index contributed by atoms with van der Waals surface area (Å²) in [4.78, 5) is 29.6. The number of hydrogen-bond donors (Lipinski definition) is 3. The number of aromatic amines is 1. The molecule has 0 radical (unpaired) electrons. The molecule has 0 saturated heterocycles. The fraction of sp³-hybridized carbons (Fsp3) is 0.269. The quantitative estimate of drug-likeness (QED) is 0.330. The number of nitrogens with one attached hydrogen (secondary N) is 2. The fourth-order valence-electron chi connectivity index (χ4n) is 4.73. The highest BCUT2D eigenvalue weighted by molar-refractivity contribution is 7.09. The molecule has 0 unspecified atom stereocenters. The van der Waals surface area contributed by atoms with E-state index in [1.54, 1.807) is 6.20 Å². The number of fused-ring (bicyclic) bond motifs is 1. The van der Waals surface area contributed by atoms with Crippen molar-refractivity contribution in [1.82, 2.24) is 20.5 Å². The van der Waals surface area contributed by atoms with E-state index in [9.17, 15) is 14.7 Å². The van der Waals surface area contributed by atoms with Crippen LogP contribution in [-0.4, -0.2) is 32.2 Å². The lowest BCUT2D eigenvalue weighted by atomic mass is 9.80. The molecule has 0 bridgehead atoms. The Morgan fingerprint density at radius 2 is 1.89 bits per heavy atom. The molecule has 35 heavy (non-hydrogen) atoms. The van der Waals surface area contributed by atoms with Crippen molar-refractivity contribution in [2.75, 3.05) is 0 Å². The number of pyridine rings is 1. The first-order valence-corrected chi connectivity index (χ1v) is 12.3. The largest absolute Gasteiger partial charge is 0.481 e. The predicted octanol–water partition coefficient (Wildman–Crippen LogP) is 2.82. The first-order valence-electron chi connectivity index (χ1n) is 11.4. The number of aryl methyl sites for hydroxylation is 1. The highest BCUT2D eigenvalue weighted by Crippen LogP contribution is 2.40. The van der Waals surface area contributed by atoms with Gasteiger partial charge in [-0.15, -0.1) is 11.3 Å². The smallest absolute Gasteiger partial charge is 0.304 e. The van der Waals surface area contributed by atoms with Crippen LogP contribution in [0.2, 0.25) is 0 Å². The van der Waals surface area contributed by atoms with Gasteiger partial charge in [-0.25, -0.2) is 9.55 Å². The van der Waals surface area contributed by atoms with Gasteiger partial charge in [0.1, 0.15) is 12.1 Å². The molecule has 0 spiro atoms. The van der Waals surface area contributed by atoms with E-state index in [2.05, 4.69) is 27.6 Å². The lowest BCUT2D eigenvalue weighted by molar-refractivity contribution is -0.671. The SMILES string of the molecule is C[n+]1ccc(Cc2[nH]ncc2-c2csc(CNC(=O)C3(CC(=O)O)Cc4ccccc4C3)n2)cc1. The van der Waals surface area contributed by atoms with Crippen molar-refractivity contribution < 1.29 is 19.3 Å². The van der Waals surface area contributed by atoms with Gasteiger partial charge in [0.25, 0.3) is 0 Å². The number of benzene rings is 1. The Bertz CT molecular complexity index is 1350.